The van der Waals surface area contributed by atoms with Gasteiger partial charge >= 0.3 is 0 Å². The Kier molecular flexibility index (Phi) is 3.45. The summed E-state index contributed by atoms with van der Waals surface area (Å²) in [6.45, 7) is 3.77. The van der Waals surface area contributed by atoms with Gasteiger partial charge in [-0.25, -0.2) is 8.42 Å². The minimum atomic E-state index is -3.77. The second kappa shape index (κ2) is 4.09. The average molecular weight is 253 g/mol. The molecule has 5 heteroatoms. The molecule has 0 unspecified atom stereocenters. The largest absolute Gasteiger partial charge is 0.263 e. The molecule has 78 valence electrons. The minimum absolute atomic E-state index is 0.0262. The maximum absolute atomic E-state index is 11.3. The predicted octanol–water partition coefficient (Wildman–Crippen LogP) is 3.39. The monoisotopic (exact) mass is 252 g/mol. The maximum atomic E-state index is 11.3. The molecule has 0 N–H and O–H groups in total. The molecule has 2 nitrogen and oxygen atoms in total. The smallest absolute Gasteiger partial charge is 0.207 e. The molecule has 0 aliphatic carbocycles. The molecular formula is C9H10Cl2O2S. The molecular weight excluding hydrogens is 243 g/mol. The third-order valence-electron chi connectivity index (χ3n) is 1.86. The lowest BCUT2D eigenvalue weighted by Crippen LogP contribution is -2.00. The van der Waals surface area contributed by atoms with Crippen molar-refractivity contribution in [3.63, 3.8) is 0 Å². The van der Waals surface area contributed by atoms with E-state index in [4.69, 9.17) is 22.3 Å². The molecule has 0 aliphatic heterocycles. The topological polar surface area (TPSA) is 34.1 Å². The Morgan fingerprint density at radius 1 is 1.29 bits per heavy atom. The van der Waals surface area contributed by atoms with Gasteiger partial charge in [-0.3, -0.25) is 0 Å². The number of benzene rings is 1. The molecule has 0 saturated carbocycles. The van der Waals surface area contributed by atoms with E-state index in [9.17, 15) is 8.42 Å². The van der Waals surface area contributed by atoms with Crippen molar-refractivity contribution in [2.45, 2.75) is 24.7 Å². The van der Waals surface area contributed by atoms with E-state index in [0.29, 0.717) is 5.56 Å². The van der Waals surface area contributed by atoms with Gasteiger partial charge in [0.25, 0.3) is 9.05 Å². The Labute approximate surface area is 93.3 Å². The first-order valence-corrected chi connectivity index (χ1v) is 6.76. The van der Waals surface area contributed by atoms with Gasteiger partial charge in [0, 0.05) is 10.7 Å². The van der Waals surface area contributed by atoms with Crippen LogP contribution in [-0.4, -0.2) is 8.42 Å². The standard InChI is InChI=1S/C9H10Cl2O2S/c1-6(2)7-4-3-5-8(10)9(7)14(11,12)13/h3-6H,1-2H3. The molecule has 1 rings (SSSR count). The Hall–Kier alpha value is -0.250. The zero-order valence-corrected chi connectivity index (χ0v) is 10.1. The van der Waals surface area contributed by atoms with Gasteiger partial charge in [0.2, 0.25) is 0 Å². The molecule has 0 atom stereocenters. The normalized spacial score (nSPS) is 12.1. The van der Waals surface area contributed by atoms with Crippen molar-refractivity contribution < 1.29 is 8.42 Å². The number of hydrogen-bond acceptors (Lipinski definition) is 2. The van der Waals surface area contributed by atoms with Crippen LogP contribution < -0.4 is 0 Å². The van der Waals surface area contributed by atoms with Crippen molar-refractivity contribution >= 4 is 31.3 Å². The fourth-order valence-corrected chi connectivity index (χ4v) is 3.25. The van der Waals surface area contributed by atoms with Crippen molar-refractivity contribution in [1.29, 1.82) is 0 Å². The lowest BCUT2D eigenvalue weighted by molar-refractivity contribution is 0.607. The van der Waals surface area contributed by atoms with Crippen LogP contribution in [0.4, 0.5) is 0 Å². The van der Waals surface area contributed by atoms with Crippen molar-refractivity contribution in [3.05, 3.63) is 28.8 Å². The Morgan fingerprint density at radius 2 is 1.86 bits per heavy atom. The molecule has 0 aliphatic rings. The van der Waals surface area contributed by atoms with Crippen molar-refractivity contribution in [2.24, 2.45) is 0 Å². The summed E-state index contributed by atoms with van der Waals surface area (Å²) in [4.78, 5) is 0.0262. The second-order valence-corrected chi connectivity index (χ2v) is 6.16. The molecule has 0 amide bonds. The van der Waals surface area contributed by atoms with E-state index in [2.05, 4.69) is 0 Å². The van der Waals surface area contributed by atoms with Gasteiger partial charge in [0.1, 0.15) is 4.90 Å². The van der Waals surface area contributed by atoms with Crippen LogP contribution in [0.5, 0.6) is 0 Å². The number of hydrogen-bond donors (Lipinski definition) is 0. The molecule has 1 aromatic rings. The molecule has 0 radical (unpaired) electrons. The van der Waals surface area contributed by atoms with Crippen molar-refractivity contribution in [1.82, 2.24) is 0 Å². The summed E-state index contributed by atoms with van der Waals surface area (Å²) in [7, 11) is 1.53. The van der Waals surface area contributed by atoms with Crippen molar-refractivity contribution in [2.75, 3.05) is 0 Å². The van der Waals surface area contributed by atoms with E-state index in [1.165, 1.54) is 6.07 Å². The van der Waals surface area contributed by atoms with E-state index in [0.717, 1.165) is 0 Å². The van der Waals surface area contributed by atoms with Crippen LogP contribution in [-0.2, 0) is 9.05 Å². The van der Waals surface area contributed by atoms with E-state index in [1.54, 1.807) is 12.1 Å². The van der Waals surface area contributed by atoms with Crippen LogP contribution in [0.15, 0.2) is 23.1 Å². The van der Waals surface area contributed by atoms with Gasteiger partial charge in [-0.15, -0.1) is 0 Å². The number of rotatable bonds is 2. The summed E-state index contributed by atoms with van der Waals surface area (Å²) in [5.74, 6) is 0.0669. The van der Waals surface area contributed by atoms with Crippen LogP contribution >= 0.6 is 22.3 Å². The van der Waals surface area contributed by atoms with Crippen LogP contribution in [0.3, 0.4) is 0 Å². The van der Waals surface area contributed by atoms with Gasteiger partial charge in [-0.1, -0.05) is 37.6 Å². The van der Waals surface area contributed by atoms with Gasteiger partial charge in [0.05, 0.1) is 5.02 Å². The first-order valence-electron chi connectivity index (χ1n) is 4.07. The molecule has 0 aromatic heterocycles. The van der Waals surface area contributed by atoms with Gasteiger partial charge in [-0.05, 0) is 17.5 Å². The Balaban J connectivity index is 3.54. The van der Waals surface area contributed by atoms with Crippen molar-refractivity contribution in [3.8, 4) is 0 Å². The molecule has 14 heavy (non-hydrogen) atoms. The highest BCUT2D eigenvalue weighted by Gasteiger charge is 2.20. The van der Waals surface area contributed by atoms with Gasteiger partial charge < -0.3 is 0 Å². The van der Waals surface area contributed by atoms with E-state index >= 15 is 0 Å². The third-order valence-corrected chi connectivity index (χ3v) is 3.70. The van der Waals surface area contributed by atoms with Gasteiger partial charge in [0.15, 0.2) is 0 Å². The highest BCUT2D eigenvalue weighted by molar-refractivity contribution is 8.13. The first kappa shape index (κ1) is 11.8. The fourth-order valence-electron chi connectivity index (χ4n) is 1.24. The van der Waals surface area contributed by atoms with E-state index in [-0.39, 0.29) is 15.8 Å². The van der Waals surface area contributed by atoms with E-state index in [1.807, 2.05) is 13.8 Å². The first-order chi connectivity index (χ1) is 6.34. The summed E-state index contributed by atoms with van der Waals surface area (Å²) in [5, 5.41) is 0.172. The molecule has 0 heterocycles. The van der Waals surface area contributed by atoms with Crippen LogP contribution in [0.1, 0.15) is 25.3 Å². The summed E-state index contributed by atoms with van der Waals surface area (Å²) in [6.07, 6.45) is 0. The third kappa shape index (κ3) is 2.41. The maximum Gasteiger partial charge on any atom is 0.263 e. The van der Waals surface area contributed by atoms with Crippen LogP contribution in [0, 0.1) is 0 Å². The molecule has 0 bridgehead atoms. The summed E-state index contributed by atoms with van der Waals surface area (Å²) in [6, 6.07) is 4.94. The zero-order valence-electron chi connectivity index (χ0n) is 7.79. The van der Waals surface area contributed by atoms with Crippen LogP contribution in [0.2, 0.25) is 5.02 Å². The highest BCUT2D eigenvalue weighted by Crippen LogP contribution is 2.32. The molecule has 0 spiro atoms. The molecule has 0 saturated heterocycles. The second-order valence-electron chi connectivity index (χ2n) is 3.25. The summed E-state index contributed by atoms with van der Waals surface area (Å²) >= 11 is 5.79. The van der Waals surface area contributed by atoms with Gasteiger partial charge in [-0.2, -0.15) is 0 Å². The van der Waals surface area contributed by atoms with E-state index < -0.39 is 9.05 Å². The Bertz CT molecular complexity index is 438. The Morgan fingerprint density at radius 3 is 2.21 bits per heavy atom. The average Bonchev–Trinajstić information content (AvgIpc) is 2.01. The summed E-state index contributed by atoms with van der Waals surface area (Å²) < 4.78 is 22.5. The minimum Gasteiger partial charge on any atom is -0.207 e. The summed E-state index contributed by atoms with van der Waals surface area (Å²) in [5.41, 5.74) is 0.646. The van der Waals surface area contributed by atoms with Crippen LogP contribution in [0.25, 0.3) is 0 Å². The fraction of sp³-hybridized carbons (Fsp3) is 0.333. The zero-order chi connectivity index (χ0) is 10.9. The highest BCUT2D eigenvalue weighted by atomic mass is 35.7. The number of halogens is 2. The molecule has 1 aromatic carbocycles. The predicted molar refractivity (Wildman–Crippen MR) is 58.6 cm³/mol. The molecule has 0 fully saturated rings. The lowest BCUT2D eigenvalue weighted by Gasteiger charge is -2.11. The SMILES string of the molecule is CC(C)c1cccc(Cl)c1S(=O)(=O)Cl. The quantitative estimate of drug-likeness (QED) is 0.757. The lowest BCUT2D eigenvalue weighted by atomic mass is 10.0.